The Morgan fingerprint density at radius 2 is 1.83 bits per heavy atom. The minimum absolute atomic E-state index is 0. The maximum absolute atomic E-state index is 4.66. The van der Waals surface area contributed by atoms with Gasteiger partial charge in [0.25, 0.3) is 0 Å². The molecular weight excluding hydrogens is 398 g/mol. The predicted octanol–water partition coefficient (Wildman–Crippen LogP) is 4.01. The maximum Gasteiger partial charge on any atom is 0.0595 e. The molecule has 1 nitrogen and oxygen atoms in total. The molecule has 91 valence electrons. The molecule has 0 aliphatic heterocycles. The quantitative estimate of drug-likeness (QED) is 0.553. The molecule has 0 bridgehead atoms. The van der Waals surface area contributed by atoms with Gasteiger partial charge in [-0.15, -0.1) is 35.4 Å². The molecule has 1 heterocycles. The van der Waals surface area contributed by atoms with Gasteiger partial charge in [0.15, 0.2) is 0 Å². The van der Waals surface area contributed by atoms with Gasteiger partial charge in [0.05, 0.1) is 5.52 Å². The molecule has 0 saturated heterocycles. The van der Waals surface area contributed by atoms with Crippen LogP contribution < -0.4 is 0 Å². The van der Waals surface area contributed by atoms with E-state index in [4.69, 9.17) is 0 Å². The fourth-order valence-corrected chi connectivity index (χ4v) is 1.94. The summed E-state index contributed by atoms with van der Waals surface area (Å²) in [4.78, 5) is 4.66. The molecule has 0 aliphatic rings. The number of aromatic nitrogens is 1. The van der Waals surface area contributed by atoms with Crippen LogP contribution in [0.1, 0.15) is 5.56 Å². The normalized spacial score (nSPS) is 10.1. The number of aryl methyl sites for hydroxylation is 1. The van der Waals surface area contributed by atoms with Crippen LogP contribution in [0.25, 0.3) is 22.2 Å². The van der Waals surface area contributed by atoms with E-state index in [1.807, 2.05) is 36.4 Å². The number of nitrogens with zero attached hydrogens (tertiary/aromatic N) is 1. The van der Waals surface area contributed by atoms with Crippen LogP contribution in [0.15, 0.2) is 54.6 Å². The van der Waals surface area contributed by atoms with Crippen LogP contribution in [-0.4, -0.2) is 4.98 Å². The number of pyridine rings is 1. The van der Waals surface area contributed by atoms with Crippen molar-refractivity contribution >= 4 is 10.9 Å². The minimum atomic E-state index is 0. The third-order valence-electron chi connectivity index (χ3n) is 2.83. The van der Waals surface area contributed by atoms with E-state index in [0.717, 1.165) is 16.8 Å². The van der Waals surface area contributed by atoms with E-state index in [1.54, 1.807) is 0 Å². The Labute approximate surface area is 120 Å². The molecule has 0 atom stereocenters. The molecule has 3 aromatic rings. The summed E-state index contributed by atoms with van der Waals surface area (Å²) in [6.07, 6.45) is 0. The number of hydrogen-bond donors (Lipinski definition) is 0. The van der Waals surface area contributed by atoms with Crippen LogP contribution in [0, 0.1) is 13.0 Å². The van der Waals surface area contributed by atoms with Gasteiger partial charge in [0.1, 0.15) is 0 Å². The van der Waals surface area contributed by atoms with Gasteiger partial charge in [-0.05, 0) is 17.1 Å². The predicted molar refractivity (Wildman–Crippen MR) is 70.8 cm³/mol. The number of hydrogen-bond acceptors (Lipinski definition) is 1. The van der Waals surface area contributed by atoms with Crippen molar-refractivity contribution in [1.29, 1.82) is 0 Å². The van der Waals surface area contributed by atoms with Gasteiger partial charge in [-0.3, -0.25) is 4.98 Å². The largest absolute Gasteiger partial charge is 0.296 e. The van der Waals surface area contributed by atoms with E-state index in [1.165, 1.54) is 10.9 Å². The molecule has 1 aromatic heterocycles. The van der Waals surface area contributed by atoms with E-state index in [-0.39, 0.29) is 20.1 Å². The van der Waals surface area contributed by atoms with Gasteiger partial charge in [-0.1, -0.05) is 37.3 Å². The Morgan fingerprint density at radius 1 is 1.00 bits per heavy atom. The van der Waals surface area contributed by atoms with Crippen molar-refractivity contribution in [3.8, 4) is 11.3 Å². The summed E-state index contributed by atoms with van der Waals surface area (Å²) in [7, 11) is 0. The molecule has 3 rings (SSSR count). The second-order valence-electron chi connectivity index (χ2n) is 4.17. The summed E-state index contributed by atoms with van der Waals surface area (Å²) in [6, 6.07) is 21.6. The molecule has 0 unspecified atom stereocenters. The first-order chi connectivity index (χ1) is 8.33. The minimum Gasteiger partial charge on any atom is -0.296 e. The summed E-state index contributed by atoms with van der Waals surface area (Å²) < 4.78 is 0. The zero-order chi connectivity index (χ0) is 11.7. The molecule has 18 heavy (non-hydrogen) atoms. The first kappa shape index (κ1) is 12.9. The van der Waals surface area contributed by atoms with Gasteiger partial charge < -0.3 is 0 Å². The van der Waals surface area contributed by atoms with E-state index < -0.39 is 0 Å². The zero-order valence-electron chi connectivity index (χ0n) is 9.98. The Balaban J connectivity index is 0.00000120. The van der Waals surface area contributed by atoms with Crippen molar-refractivity contribution in [2.45, 2.75) is 6.92 Å². The molecule has 0 saturated carbocycles. The molecule has 2 aromatic carbocycles. The summed E-state index contributed by atoms with van der Waals surface area (Å²) >= 11 is 0. The van der Waals surface area contributed by atoms with Gasteiger partial charge in [-0.25, -0.2) is 0 Å². The van der Waals surface area contributed by atoms with Crippen LogP contribution in [0.3, 0.4) is 0 Å². The standard InChI is InChI=1S/C16H12N.Ir/c1-12-5-4-7-14(11-12)16-10-9-13-6-2-3-8-15(13)17-16;/h2-6,8-11H,1H3;/q-1;. The van der Waals surface area contributed by atoms with E-state index >= 15 is 0 Å². The smallest absolute Gasteiger partial charge is 0.0595 e. The zero-order valence-corrected chi connectivity index (χ0v) is 12.4. The second kappa shape index (κ2) is 5.43. The Hall–Kier alpha value is -1.50. The third-order valence-corrected chi connectivity index (χ3v) is 2.83. The molecule has 0 amide bonds. The Kier molecular flexibility index (Phi) is 3.90. The van der Waals surface area contributed by atoms with Crippen molar-refractivity contribution in [2.24, 2.45) is 0 Å². The average Bonchev–Trinajstić information content (AvgIpc) is 2.38. The van der Waals surface area contributed by atoms with Crippen molar-refractivity contribution in [3.05, 3.63) is 66.2 Å². The maximum atomic E-state index is 4.66. The number of para-hydroxylation sites is 1. The first-order valence-electron chi connectivity index (χ1n) is 5.67. The van der Waals surface area contributed by atoms with E-state index in [0.29, 0.717) is 0 Å². The molecule has 0 fully saturated rings. The van der Waals surface area contributed by atoms with Crippen LogP contribution in [0.4, 0.5) is 0 Å². The van der Waals surface area contributed by atoms with Crippen LogP contribution >= 0.6 is 0 Å². The average molecular weight is 410 g/mol. The van der Waals surface area contributed by atoms with Crippen LogP contribution in [0.5, 0.6) is 0 Å². The molecule has 0 aliphatic carbocycles. The van der Waals surface area contributed by atoms with Crippen LogP contribution in [0.2, 0.25) is 0 Å². The van der Waals surface area contributed by atoms with Crippen LogP contribution in [-0.2, 0) is 20.1 Å². The van der Waals surface area contributed by atoms with E-state index in [9.17, 15) is 0 Å². The summed E-state index contributed by atoms with van der Waals surface area (Å²) in [5, 5.41) is 1.17. The van der Waals surface area contributed by atoms with Gasteiger partial charge >= 0.3 is 0 Å². The Bertz CT molecular complexity index is 677. The monoisotopic (exact) mass is 411 g/mol. The molecule has 2 heteroatoms. The van der Waals surface area contributed by atoms with Gasteiger partial charge in [0.2, 0.25) is 0 Å². The summed E-state index contributed by atoms with van der Waals surface area (Å²) in [5.74, 6) is 0. The SMILES string of the molecule is Cc1cc[c-]c(-c2ccc3ccccc3n2)c1.[Ir]. The van der Waals surface area contributed by atoms with Crippen molar-refractivity contribution in [1.82, 2.24) is 4.98 Å². The number of benzene rings is 2. The summed E-state index contributed by atoms with van der Waals surface area (Å²) in [5.41, 5.74) is 4.29. The number of rotatable bonds is 1. The fraction of sp³-hybridized carbons (Fsp3) is 0.0625. The van der Waals surface area contributed by atoms with Crippen molar-refractivity contribution in [2.75, 3.05) is 0 Å². The fourth-order valence-electron chi connectivity index (χ4n) is 1.94. The van der Waals surface area contributed by atoms with Crippen molar-refractivity contribution < 1.29 is 20.1 Å². The molecule has 1 radical (unpaired) electrons. The third kappa shape index (κ3) is 2.50. The number of fused-ring (bicyclic) bond motifs is 1. The van der Waals surface area contributed by atoms with Crippen molar-refractivity contribution in [3.63, 3.8) is 0 Å². The first-order valence-corrected chi connectivity index (χ1v) is 5.67. The van der Waals surface area contributed by atoms with Gasteiger partial charge in [0, 0.05) is 20.1 Å². The second-order valence-corrected chi connectivity index (χ2v) is 4.17. The topological polar surface area (TPSA) is 12.9 Å². The van der Waals surface area contributed by atoms with Gasteiger partial charge in [-0.2, -0.15) is 0 Å². The molecule has 0 N–H and O–H groups in total. The molecule has 0 spiro atoms. The molecular formula is C16H12IrN-. The summed E-state index contributed by atoms with van der Waals surface area (Å²) in [6.45, 7) is 2.08. The van der Waals surface area contributed by atoms with E-state index in [2.05, 4.69) is 36.2 Å². The Morgan fingerprint density at radius 3 is 2.67 bits per heavy atom.